The van der Waals surface area contributed by atoms with E-state index in [1.165, 1.54) is 38.5 Å². The Morgan fingerprint density at radius 3 is 2.39 bits per heavy atom. The maximum absolute atomic E-state index is 12.3. The van der Waals surface area contributed by atoms with Crippen LogP contribution in [-0.2, 0) is 4.79 Å². The van der Waals surface area contributed by atoms with E-state index in [0.29, 0.717) is 11.9 Å². The summed E-state index contributed by atoms with van der Waals surface area (Å²) in [4.78, 5) is 14.4. The summed E-state index contributed by atoms with van der Waals surface area (Å²) in [5.74, 6) is 1.28. The highest BCUT2D eigenvalue weighted by molar-refractivity contribution is 5.84. The molecule has 18 heavy (non-hydrogen) atoms. The molecule has 0 aromatic heterocycles. The van der Waals surface area contributed by atoms with Gasteiger partial charge in [0.2, 0.25) is 5.91 Å². The highest BCUT2D eigenvalue weighted by atomic mass is 16.2. The van der Waals surface area contributed by atoms with Gasteiger partial charge in [-0.1, -0.05) is 33.1 Å². The summed E-state index contributed by atoms with van der Waals surface area (Å²) in [6, 6.07) is 0.614. The van der Waals surface area contributed by atoms with Gasteiger partial charge < -0.3 is 4.90 Å². The van der Waals surface area contributed by atoms with Gasteiger partial charge in [-0.25, -0.2) is 0 Å². The lowest BCUT2D eigenvalue weighted by molar-refractivity contribution is -0.131. The van der Waals surface area contributed by atoms with Crippen LogP contribution in [0.4, 0.5) is 0 Å². The lowest BCUT2D eigenvalue weighted by Crippen LogP contribution is -2.40. The van der Waals surface area contributed by atoms with Crippen LogP contribution in [0.15, 0.2) is 0 Å². The topological polar surface area (TPSA) is 32.3 Å². The van der Waals surface area contributed by atoms with Crippen LogP contribution in [-0.4, -0.2) is 29.6 Å². The molecule has 2 aliphatic rings. The minimum atomic E-state index is 0.100. The maximum Gasteiger partial charge on any atom is 0.241 e. The van der Waals surface area contributed by atoms with Crippen molar-refractivity contribution in [3.8, 4) is 0 Å². The maximum atomic E-state index is 12.3. The van der Waals surface area contributed by atoms with Crippen molar-refractivity contribution in [3.05, 3.63) is 0 Å². The zero-order valence-electron chi connectivity index (χ0n) is 12.0. The normalized spacial score (nSPS) is 33.1. The zero-order valence-corrected chi connectivity index (χ0v) is 12.0. The monoisotopic (exact) mass is 252 g/mol. The molecule has 1 amide bonds. The third kappa shape index (κ3) is 3.05. The Hall–Kier alpha value is -0.570. The molecule has 1 atom stereocenters. The predicted octanol–water partition coefficient (Wildman–Crippen LogP) is 2.90. The first-order valence-corrected chi connectivity index (χ1v) is 7.80. The smallest absolute Gasteiger partial charge is 0.241 e. The lowest BCUT2D eigenvalue weighted by Gasteiger charge is -2.34. The Morgan fingerprint density at radius 2 is 1.78 bits per heavy atom. The fourth-order valence-corrected chi connectivity index (χ4v) is 3.55. The van der Waals surface area contributed by atoms with Crippen LogP contribution in [0.3, 0.4) is 0 Å². The summed E-state index contributed by atoms with van der Waals surface area (Å²) in [5, 5.41) is 3.37. The summed E-state index contributed by atoms with van der Waals surface area (Å²) < 4.78 is 0. The van der Waals surface area contributed by atoms with Gasteiger partial charge in [0.25, 0.3) is 0 Å². The molecule has 1 aliphatic heterocycles. The molecular formula is C15H28N2O. The van der Waals surface area contributed by atoms with Gasteiger partial charge in [-0.05, 0) is 38.0 Å². The molecule has 0 radical (unpaired) electrons. The lowest BCUT2D eigenvalue weighted by atomic mass is 9.83. The molecule has 0 aromatic carbocycles. The third-order valence-corrected chi connectivity index (χ3v) is 4.62. The van der Waals surface area contributed by atoms with Crippen molar-refractivity contribution in [2.45, 2.75) is 77.3 Å². The van der Waals surface area contributed by atoms with Gasteiger partial charge in [0.05, 0.1) is 12.7 Å². The largest absolute Gasteiger partial charge is 0.326 e. The molecule has 3 heteroatoms. The van der Waals surface area contributed by atoms with E-state index in [0.717, 1.165) is 25.4 Å². The fourth-order valence-electron chi connectivity index (χ4n) is 3.55. The first-order chi connectivity index (χ1) is 8.76. The molecule has 1 saturated heterocycles. The molecule has 104 valence electrons. The number of hydrogen-bond donors (Lipinski definition) is 1. The molecule has 1 unspecified atom stereocenters. The highest BCUT2D eigenvalue weighted by Gasteiger charge is 2.36. The number of hydrogen-bond acceptors (Lipinski definition) is 2. The standard InChI is InChI=1S/C15H28N2O/c1-3-5-12-7-9-13(10-8-12)17-11-16-14(6-4-2)15(17)18/h12-14,16H,3-11H2,1-2H3. The quantitative estimate of drug-likeness (QED) is 0.816. The molecule has 3 nitrogen and oxygen atoms in total. The Bertz CT molecular complexity index is 272. The number of carbonyl (C=O) groups is 1. The van der Waals surface area contributed by atoms with Gasteiger partial charge in [0.1, 0.15) is 0 Å². The van der Waals surface area contributed by atoms with Crippen molar-refractivity contribution in [2.24, 2.45) is 5.92 Å². The van der Waals surface area contributed by atoms with E-state index in [4.69, 9.17) is 0 Å². The number of nitrogens with one attached hydrogen (secondary N) is 1. The first-order valence-electron chi connectivity index (χ1n) is 7.80. The van der Waals surface area contributed by atoms with E-state index in [2.05, 4.69) is 24.1 Å². The van der Waals surface area contributed by atoms with E-state index >= 15 is 0 Å². The molecule has 1 saturated carbocycles. The molecule has 0 bridgehead atoms. The van der Waals surface area contributed by atoms with Crippen LogP contribution in [0.5, 0.6) is 0 Å². The molecule has 1 aliphatic carbocycles. The van der Waals surface area contributed by atoms with Crippen molar-refractivity contribution in [2.75, 3.05) is 6.67 Å². The third-order valence-electron chi connectivity index (χ3n) is 4.62. The van der Waals surface area contributed by atoms with Gasteiger partial charge >= 0.3 is 0 Å². The Kier molecular flexibility index (Phi) is 5.04. The predicted molar refractivity (Wildman–Crippen MR) is 74.2 cm³/mol. The number of carbonyl (C=O) groups excluding carboxylic acids is 1. The molecular weight excluding hydrogens is 224 g/mol. The van der Waals surface area contributed by atoms with Crippen molar-refractivity contribution in [3.63, 3.8) is 0 Å². The van der Waals surface area contributed by atoms with Crippen LogP contribution in [0, 0.1) is 5.92 Å². The second-order valence-corrected chi connectivity index (χ2v) is 5.97. The summed E-state index contributed by atoms with van der Waals surface area (Å²) in [7, 11) is 0. The molecule has 0 aromatic rings. The molecule has 2 rings (SSSR count). The van der Waals surface area contributed by atoms with Gasteiger partial charge in [-0.15, -0.1) is 0 Å². The average molecular weight is 252 g/mol. The number of rotatable bonds is 5. The fraction of sp³-hybridized carbons (Fsp3) is 0.933. The van der Waals surface area contributed by atoms with E-state index < -0.39 is 0 Å². The number of nitrogens with zero attached hydrogens (tertiary/aromatic N) is 1. The van der Waals surface area contributed by atoms with Crippen molar-refractivity contribution in [1.82, 2.24) is 10.2 Å². The van der Waals surface area contributed by atoms with Crippen LogP contribution in [0.1, 0.15) is 65.2 Å². The van der Waals surface area contributed by atoms with E-state index in [1.807, 2.05) is 0 Å². The number of amides is 1. The summed E-state index contributed by atoms with van der Waals surface area (Å²) in [6.07, 6.45) is 9.83. The first kappa shape index (κ1) is 13.9. The second-order valence-electron chi connectivity index (χ2n) is 5.97. The van der Waals surface area contributed by atoms with Gasteiger partial charge in [0.15, 0.2) is 0 Å². The molecule has 1 heterocycles. The Balaban J connectivity index is 1.81. The van der Waals surface area contributed by atoms with E-state index in [1.54, 1.807) is 0 Å². The van der Waals surface area contributed by atoms with Gasteiger partial charge in [0, 0.05) is 6.04 Å². The van der Waals surface area contributed by atoms with Crippen molar-refractivity contribution < 1.29 is 4.79 Å². The van der Waals surface area contributed by atoms with Gasteiger partial charge in [-0.2, -0.15) is 0 Å². The average Bonchev–Trinajstić information content (AvgIpc) is 2.73. The molecule has 0 spiro atoms. The SMILES string of the molecule is CCCC1CCC(N2CNC(CCC)C2=O)CC1. The zero-order chi connectivity index (χ0) is 13.0. The Morgan fingerprint density at radius 1 is 1.11 bits per heavy atom. The van der Waals surface area contributed by atoms with E-state index in [9.17, 15) is 4.79 Å². The minimum Gasteiger partial charge on any atom is -0.326 e. The van der Waals surface area contributed by atoms with Gasteiger partial charge in [-0.3, -0.25) is 10.1 Å². The van der Waals surface area contributed by atoms with Crippen molar-refractivity contribution >= 4 is 5.91 Å². The van der Waals surface area contributed by atoms with E-state index in [-0.39, 0.29) is 6.04 Å². The van der Waals surface area contributed by atoms with Crippen LogP contribution in [0.2, 0.25) is 0 Å². The van der Waals surface area contributed by atoms with Crippen LogP contribution < -0.4 is 5.32 Å². The summed E-state index contributed by atoms with van der Waals surface area (Å²) in [6.45, 7) is 5.20. The second kappa shape index (κ2) is 6.55. The summed E-state index contributed by atoms with van der Waals surface area (Å²) >= 11 is 0. The molecule has 2 fully saturated rings. The summed E-state index contributed by atoms with van der Waals surface area (Å²) in [5.41, 5.74) is 0. The highest BCUT2D eigenvalue weighted by Crippen LogP contribution is 2.31. The molecule has 1 N–H and O–H groups in total. The van der Waals surface area contributed by atoms with Crippen LogP contribution in [0.25, 0.3) is 0 Å². The van der Waals surface area contributed by atoms with Crippen molar-refractivity contribution in [1.29, 1.82) is 0 Å². The van der Waals surface area contributed by atoms with Crippen LogP contribution >= 0.6 is 0 Å². The Labute approximate surface area is 111 Å². The minimum absolute atomic E-state index is 0.100.